The maximum absolute atomic E-state index is 11.9. The number of halogens is 2. The third kappa shape index (κ3) is 2.16. The highest BCUT2D eigenvalue weighted by Crippen LogP contribution is 2.32. The lowest BCUT2D eigenvalue weighted by molar-refractivity contribution is 0.0169. The number of rotatable bonds is 3. The van der Waals surface area contributed by atoms with Crippen LogP contribution in [0.4, 0.5) is 8.78 Å². The molecule has 0 spiro atoms. The molecule has 1 rings (SSSR count). The van der Waals surface area contributed by atoms with Crippen molar-refractivity contribution in [3.63, 3.8) is 0 Å². The van der Waals surface area contributed by atoms with E-state index in [0.717, 1.165) is 0 Å². The van der Waals surface area contributed by atoms with Crippen molar-refractivity contribution in [2.45, 2.75) is 25.3 Å². The van der Waals surface area contributed by atoms with Gasteiger partial charge in [-0.05, 0) is 12.8 Å². The predicted molar refractivity (Wildman–Crippen MR) is 39.4 cm³/mol. The summed E-state index contributed by atoms with van der Waals surface area (Å²) in [6, 6.07) is 0.227. The van der Waals surface area contributed by atoms with Crippen LogP contribution in [0.15, 0.2) is 0 Å². The first-order valence-electron chi connectivity index (χ1n) is 3.69. The van der Waals surface area contributed by atoms with Gasteiger partial charge in [-0.3, -0.25) is 0 Å². The minimum absolute atomic E-state index is 0.227. The second kappa shape index (κ2) is 3.68. The lowest BCUT2D eigenvalue weighted by Gasteiger charge is -2.34. The molecule has 62 valence electrons. The number of hydrogen-bond acceptors (Lipinski definition) is 1. The monoisotopic (exact) mass is 159 g/mol. The van der Waals surface area contributed by atoms with Crippen molar-refractivity contribution in [1.29, 1.82) is 0 Å². The van der Waals surface area contributed by atoms with Crippen molar-refractivity contribution in [2.75, 3.05) is 6.54 Å². The van der Waals surface area contributed by atoms with E-state index < -0.39 is 12.3 Å². The van der Waals surface area contributed by atoms with Crippen LogP contribution in [0.5, 0.6) is 0 Å². The fraction of sp³-hybridized carbons (Fsp3) is 0.750. The highest BCUT2D eigenvalue weighted by Gasteiger charge is 2.34. The molecule has 0 unspecified atom stereocenters. The fourth-order valence-electron chi connectivity index (χ4n) is 1.24. The van der Waals surface area contributed by atoms with Crippen LogP contribution in [0.2, 0.25) is 0 Å². The SMILES string of the molecule is C#CCNC1CC(C(F)F)C1. The van der Waals surface area contributed by atoms with Gasteiger partial charge in [0.05, 0.1) is 6.54 Å². The summed E-state index contributed by atoms with van der Waals surface area (Å²) in [4.78, 5) is 0. The van der Waals surface area contributed by atoms with Crippen LogP contribution in [0, 0.1) is 18.3 Å². The minimum Gasteiger partial charge on any atom is -0.303 e. The van der Waals surface area contributed by atoms with Crippen LogP contribution >= 0.6 is 0 Å². The molecule has 0 aliphatic heterocycles. The highest BCUT2D eigenvalue weighted by molar-refractivity contribution is 4.92. The first-order chi connectivity index (χ1) is 5.24. The zero-order valence-electron chi connectivity index (χ0n) is 6.19. The Balaban J connectivity index is 2.06. The Morgan fingerprint density at radius 2 is 2.18 bits per heavy atom. The standard InChI is InChI=1S/C8H11F2N/c1-2-3-11-7-4-6(5-7)8(9)10/h1,6-8,11H,3-5H2. The average Bonchev–Trinajstić information content (AvgIpc) is 1.84. The van der Waals surface area contributed by atoms with E-state index in [1.165, 1.54) is 0 Å². The van der Waals surface area contributed by atoms with Gasteiger partial charge in [-0.15, -0.1) is 6.42 Å². The van der Waals surface area contributed by atoms with Gasteiger partial charge in [0, 0.05) is 12.0 Å². The third-order valence-electron chi connectivity index (χ3n) is 2.02. The van der Waals surface area contributed by atoms with Crippen molar-refractivity contribution in [2.24, 2.45) is 5.92 Å². The van der Waals surface area contributed by atoms with Crippen molar-refractivity contribution in [3.8, 4) is 12.3 Å². The van der Waals surface area contributed by atoms with Gasteiger partial charge in [-0.1, -0.05) is 5.92 Å². The molecule has 0 aromatic rings. The average molecular weight is 159 g/mol. The van der Waals surface area contributed by atoms with E-state index in [2.05, 4.69) is 11.2 Å². The molecule has 1 N–H and O–H groups in total. The van der Waals surface area contributed by atoms with Crippen LogP contribution in [0.1, 0.15) is 12.8 Å². The van der Waals surface area contributed by atoms with Gasteiger partial charge in [0.1, 0.15) is 0 Å². The molecule has 11 heavy (non-hydrogen) atoms. The van der Waals surface area contributed by atoms with Gasteiger partial charge in [-0.25, -0.2) is 8.78 Å². The van der Waals surface area contributed by atoms with E-state index in [-0.39, 0.29) is 6.04 Å². The van der Waals surface area contributed by atoms with Gasteiger partial charge in [0.25, 0.3) is 0 Å². The molecule has 0 heterocycles. The van der Waals surface area contributed by atoms with E-state index in [1.807, 2.05) is 0 Å². The molecular weight excluding hydrogens is 148 g/mol. The van der Waals surface area contributed by atoms with Crippen LogP contribution in [-0.2, 0) is 0 Å². The third-order valence-corrected chi connectivity index (χ3v) is 2.02. The molecule has 1 nitrogen and oxygen atoms in total. The highest BCUT2D eigenvalue weighted by atomic mass is 19.3. The summed E-state index contributed by atoms with van der Waals surface area (Å²) in [5, 5.41) is 2.98. The van der Waals surface area contributed by atoms with E-state index >= 15 is 0 Å². The van der Waals surface area contributed by atoms with Crippen molar-refractivity contribution >= 4 is 0 Å². The summed E-state index contributed by atoms with van der Waals surface area (Å²) in [7, 11) is 0. The summed E-state index contributed by atoms with van der Waals surface area (Å²) in [6.07, 6.45) is 3.97. The Bertz CT molecular complexity index is 156. The molecule has 1 fully saturated rings. The predicted octanol–water partition coefficient (Wildman–Crippen LogP) is 1.25. The quantitative estimate of drug-likeness (QED) is 0.611. The Morgan fingerprint density at radius 1 is 1.55 bits per heavy atom. The van der Waals surface area contributed by atoms with Crippen LogP contribution in [-0.4, -0.2) is 19.0 Å². The molecule has 0 aromatic heterocycles. The fourth-order valence-corrected chi connectivity index (χ4v) is 1.24. The molecule has 1 saturated carbocycles. The Morgan fingerprint density at radius 3 is 2.64 bits per heavy atom. The van der Waals surface area contributed by atoms with Gasteiger partial charge in [0.15, 0.2) is 0 Å². The topological polar surface area (TPSA) is 12.0 Å². The summed E-state index contributed by atoms with van der Waals surface area (Å²) in [6.45, 7) is 0.487. The molecule has 0 saturated heterocycles. The van der Waals surface area contributed by atoms with Gasteiger partial charge in [-0.2, -0.15) is 0 Å². The Hall–Kier alpha value is -0.620. The molecule has 0 aromatic carbocycles. The Kier molecular flexibility index (Phi) is 2.84. The second-order valence-electron chi connectivity index (χ2n) is 2.85. The number of alkyl halides is 2. The maximum atomic E-state index is 11.9. The van der Waals surface area contributed by atoms with E-state index in [9.17, 15) is 8.78 Å². The normalized spacial score (nSPS) is 29.6. The first kappa shape index (κ1) is 8.48. The van der Waals surface area contributed by atoms with Crippen LogP contribution < -0.4 is 5.32 Å². The van der Waals surface area contributed by atoms with Crippen LogP contribution in [0.25, 0.3) is 0 Å². The summed E-state index contributed by atoms with van der Waals surface area (Å²) < 4.78 is 23.8. The smallest absolute Gasteiger partial charge is 0.241 e. The van der Waals surface area contributed by atoms with E-state index in [4.69, 9.17) is 6.42 Å². The Labute approximate surface area is 65.2 Å². The molecule has 0 amide bonds. The molecular formula is C8H11F2N. The lowest BCUT2D eigenvalue weighted by Crippen LogP contribution is -2.43. The maximum Gasteiger partial charge on any atom is 0.241 e. The zero-order valence-corrected chi connectivity index (χ0v) is 6.19. The van der Waals surface area contributed by atoms with Gasteiger partial charge in [0.2, 0.25) is 6.43 Å². The van der Waals surface area contributed by atoms with Gasteiger partial charge >= 0.3 is 0 Å². The molecule has 3 heteroatoms. The summed E-state index contributed by atoms with van der Waals surface area (Å²) in [5.74, 6) is 2.01. The molecule has 0 bridgehead atoms. The number of hydrogen-bond donors (Lipinski definition) is 1. The van der Waals surface area contributed by atoms with Gasteiger partial charge < -0.3 is 5.32 Å². The number of terminal acetylenes is 1. The zero-order chi connectivity index (χ0) is 8.27. The second-order valence-corrected chi connectivity index (χ2v) is 2.85. The summed E-state index contributed by atoms with van der Waals surface area (Å²) in [5.41, 5.74) is 0. The summed E-state index contributed by atoms with van der Waals surface area (Å²) >= 11 is 0. The van der Waals surface area contributed by atoms with Crippen molar-refractivity contribution in [1.82, 2.24) is 5.32 Å². The molecule has 0 radical (unpaired) electrons. The molecule has 1 aliphatic carbocycles. The van der Waals surface area contributed by atoms with Crippen LogP contribution in [0.3, 0.4) is 0 Å². The molecule has 1 aliphatic rings. The van der Waals surface area contributed by atoms with E-state index in [0.29, 0.717) is 19.4 Å². The van der Waals surface area contributed by atoms with E-state index in [1.54, 1.807) is 0 Å². The van der Waals surface area contributed by atoms with Crippen molar-refractivity contribution in [3.05, 3.63) is 0 Å². The van der Waals surface area contributed by atoms with Crippen molar-refractivity contribution < 1.29 is 8.78 Å². The minimum atomic E-state index is -2.15. The first-order valence-corrected chi connectivity index (χ1v) is 3.69. The number of nitrogens with one attached hydrogen (secondary N) is 1. The largest absolute Gasteiger partial charge is 0.303 e. The molecule has 0 atom stereocenters. The lowest BCUT2D eigenvalue weighted by atomic mass is 9.80.